The highest BCUT2D eigenvalue weighted by molar-refractivity contribution is 5.95. The second kappa shape index (κ2) is 9.36. The maximum Gasteiger partial charge on any atom is 0.387 e. The number of alkyl halides is 2. The normalized spacial score (nSPS) is 11.1. The molecule has 0 spiro atoms. The third kappa shape index (κ3) is 6.44. The number of esters is 1. The molecule has 0 atom stereocenters. The molecule has 0 fully saturated rings. The summed E-state index contributed by atoms with van der Waals surface area (Å²) in [5.74, 6) is -1.57. The zero-order valence-electron chi connectivity index (χ0n) is 16.6. The fraction of sp³-hybridized carbons (Fsp3) is 0.333. The molecule has 29 heavy (non-hydrogen) atoms. The minimum Gasteiger partial charge on any atom is -0.493 e. The van der Waals surface area contributed by atoms with E-state index in [4.69, 9.17) is 9.47 Å². The number of benzene rings is 2. The smallest absolute Gasteiger partial charge is 0.387 e. The number of amides is 1. The summed E-state index contributed by atoms with van der Waals surface area (Å²) in [4.78, 5) is 24.1. The zero-order chi connectivity index (χ0) is 21.6. The summed E-state index contributed by atoms with van der Waals surface area (Å²) in [5.41, 5.74) is 1.73. The Balaban J connectivity index is 1.93. The van der Waals surface area contributed by atoms with Gasteiger partial charge in [0.1, 0.15) is 0 Å². The van der Waals surface area contributed by atoms with E-state index in [1.807, 2.05) is 12.1 Å². The molecular weight excluding hydrogens is 384 g/mol. The van der Waals surface area contributed by atoms with E-state index in [0.717, 1.165) is 5.56 Å². The lowest BCUT2D eigenvalue weighted by molar-refractivity contribution is -0.119. The highest BCUT2D eigenvalue weighted by atomic mass is 19.3. The van der Waals surface area contributed by atoms with Crippen molar-refractivity contribution in [2.24, 2.45) is 0 Å². The van der Waals surface area contributed by atoms with Crippen LogP contribution >= 0.6 is 0 Å². The molecule has 0 heterocycles. The molecule has 0 bridgehead atoms. The van der Waals surface area contributed by atoms with Crippen molar-refractivity contribution in [2.75, 3.05) is 19.0 Å². The molecule has 0 aliphatic heterocycles. The van der Waals surface area contributed by atoms with Crippen LogP contribution in [0.1, 0.15) is 36.7 Å². The van der Waals surface area contributed by atoms with Crippen LogP contribution in [0.2, 0.25) is 0 Å². The highest BCUT2D eigenvalue weighted by Crippen LogP contribution is 2.29. The summed E-state index contributed by atoms with van der Waals surface area (Å²) in [6, 6.07) is 11.0. The number of nitrogens with one attached hydrogen (secondary N) is 1. The summed E-state index contributed by atoms with van der Waals surface area (Å²) < 4.78 is 38.9. The molecule has 156 valence electrons. The van der Waals surface area contributed by atoms with E-state index in [1.54, 1.807) is 12.1 Å². The monoisotopic (exact) mass is 407 g/mol. The van der Waals surface area contributed by atoms with Gasteiger partial charge < -0.3 is 19.5 Å². The molecule has 0 aliphatic carbocycles. The molecule has 1 N–H and O–H groups in total. The molecule has 0 saturated carbocycles. The van der Waals surface area contributed by atoms with Crippen molar-refractivity contribution in [3.05, 3.63) is 53.6 Å². The van der Waals surface area contributed by atoms with E-state index < -0.39 is 25.1 Å². The van der Waals surface area contributed by atoms with Crippen LogP contribution in [-0.2, 0) is 14.9 Å². The molecular formula is C21H23F2NO5. The van der Waals surface area contributed by atoms with Gasteiger partial charge in [-0.1, -0.05) is 32.9 Å². The average Bonchev–Trinajstić information content (AvgIpc) is 2.65. The average molecular weight is 407 g/mol. The lowest BCUT2D eigenvalue weighted by atomic mass is 9.87. The lowest BCUT2D eigenvalue weighted by Crippen LogP contribution is -2.21. The minimum atomic E-state index is -3.03. The fourth-order valence-corrected chi connectivity index (χ4v) is 2.45. The first kappa shape index (κ1) is 22.1. The Morgan fingerprint density at radius 2 is 1.69 bits per heavy atom. The molecule has 0 saturated heterocycles. The van der Waals surface area contributed by atoms with Gasteiger partial charge in [-0.3, -0.25) is 4.79 Å². The Labute approximate surface area is 167 Å². The van der Waals surface area contributed by atoms with E-state index in [0.29, 0.717) is 5.69 Å². The molecule has 0 aromatic heterocycles. The first-order valence-electron chi connectivity index (χ1n) is 8.80. The third-order valence-corrected chi connectivity index (χ3v) is 3.98. The van der Waals surface area contributed by atoms with Gasteiger partial charge in [0.2, 0.25) is 0 Å². The maximum absolute atomic E-state index is 12.4. The van der Waals surface area contributed by atoms with Crippen LogP contribution in [0.4, 0.5) is 14.5 Å². The van der Waals surface area contributed by atoms with E-state index in [-0.39, 0.29) is 22.5 Å². The van der Waals surface area contributed by atoms with Crippen LogP contribution in [0.15, 0.2) is 42.5 Å². The molecule has 2 rings (SSSR count). The largest absolute Gasteiger partial charge is 0.493 e. The first-order chi connectivity index (χ1) is 13.6. The quantitative estimate of drug-likeness (QED) is 0.689. The van der Waals surface area contributed by atoms with Crippen LogP contribution in [0, 0.1) is 0 Å². The standard InChI is InChI=1S/C21H23F2NO5/c1-21(2,3)14-6-8-15(9-7-14)24-18(25)12-28-19(26)13-5-10-16(29-20(22)23)17(11-13)27-4/h5-11,20H,12H2,1-4H3,(H,24,25). The van der Waals surface area contributed by atoms with Gasteiger partial charge in [-0.05, 0) is 41.3 Å². The van der Waals surface area contributed by atoms with E-state index >= 15 is 0 Å². The predicted molar refractivity (Wildman–Crippen MR) is 104 cm³/mol. The van der Waals surface area contributed by atoms with E-state index in [9.17, 15) is 18.4 Å². The number of carbonyl (C=O) groups is 2. The van der Waals surface area contributed by atoms with Gasteiger partial charge >= 0.3 is 12.6 Å². The van der Waals surface area contributed by atoms with Gasteiger partial charge in [-0.15, -0.1) is 0 Å². The van der Waals surface area contributed by atoms with Gasteiger partial charge in [0.25, 0.3) is 5.91 Å². The number of hydrogen-bond donors (Lipinski definition) is 1. The number of anilines is 1. The van der Waals surface area contributed by atoms with E-state index in [1.165, 1.54) is 25.3 Å². The van der Waals surface area contributed by atoms with Crippen molar-refractivity contribution in [3.8, 4) is 11.5 Å². The molecule has 0 aliphatic rings. The molecule has 8 heteroatoms. The highest BCUT2D eigenvalue weighted by Gasteiger charge is 2.17. The summed E-state index contributed by atoms with van der Waals surface area (Å²) in [7, 11) is 1.25. The number of ether oxygens (including phenoxy) is 3. The van der Waals surface area contributed by atoms with Gasteiger partial charge in [-0.25, -0.2) is 4.79 Å². The van der Waals surface area contributed by atoms with Crippen LogP contribution in [0.25, 0.3) is 0 Å². The molecule has 0 unspecified atom stereocenters. The van der Waals surface area contributed by atoms with Gasteiger partial charge in [-0.2, -0.15) is 8.78 Å². The Bertz CT molecular complexity index is 860. The fourth-order valence-electron chi connectivity index (χ4n) is 2.45. The lowest BCUT2D eigenvalue weighted by Gasteiger charge is -2.19. The second-order valence-corrected chi connectivity index (χ2v) is 7.20. The van der Waals surface area contributed by atoms with Gasteiger partial charge in [0, 0.05) is 5.69 Å². The molecule has 0 radical (unpaired) electrons. The second-order valence-electron chi connectivity index (χ2n) is 7.20. The molecule has 2 aromatic rings. The number of rotatable bonds is 7. The number of hydrogen-bond acceptors (Lipinski definition) is 5. The van der Waals surface area contributed by atoms with Crippen molar-refractivity contribution in [2.45, 2.75) is 32.8 Å². The van der Waals surface area contributed by atoms with E-state index in [2.05, 4.69) is 30.8 Å². The summed E-state index contributed by atoms with van der Waals surface area (Å²) in [6.07, 6.45) is 0. The van der Waals surface area contributed by atoms with Crippen molar-refractivity contribution in [1.29, 1.82) is 0 Å². The third-order valence-electron chi connectivity index (χ3n) is 3.98. The Morgan fingerprint density at radius 1 is 1.03 bits per heavy atom. The summed E-state index contributed by atoms with van der Waals surface area (Å²) >= 11 is 0. The van der Waals surface area contributed by atoms with Crippen molar-refractivity contribution in [1.82, 2.24) is 0 Å². The van der Waals surface area contributed by atoms with Crippen molar-refractivity contribution < 1.29 is 32.6 Å². The Kier molecular flexibility index (Phi) is 7.14. The van der Waals surface area contributed by atoms with Crippen molar-refractivity contribution in [3.63, 3.8) is 0 Å². The minimum absolute atomic E-state index is 0.00493. The van der Waals surface area contributed by atoms with Crippen LogP contribution in [0.5, 0.6) is 11.5 Å². The number of halogens is 2. The van der Waals surface area contributed by atoms with Crippen LogP contribution in [0.3, 0.4) is 0 Å². The SMILES string of the molecule is COc1cc(C(=O)OCC(=O)Nc2ccc(C(C)(C)C)cc2)ccc1OC(F)F. The molecule has 2 aromatic carbocycles. The molecule has 1 amide bonds. The number of methoxy groups -OCH3 is 1. The summed E-state index contributed by atoms with van der Waals surface area (Å²) in [6.45, 7) is 2.73. The van der Waals surface area contributed by atoms with Gasteiger partial charge in [0.05, 0.1) is 12.7 Å². The Hall–Kier alpha value is -3.16. The topological polar surface area (TPSA) is 73.9 Å². The zero-order valence-corrected chi connectivity index (χ0v) is 16.6. The number of carbonyl (C=O) groups excluding carboxylic acids is 2. The first-order valence-corrected chi connectivity index (χ1v) is 8.80. The predicted octanol–water partition coefficient (Wildman–Crippen LogP) is 4.39. The van der Waals surface area contributed by atoms with Crippen molar-refractivity contribution >= 4 is 17.6 Å². The van der Waals surface area contributed by atoms with Crippen LogP contribution in [-0.4, -0.2) is 32.2 Å². The van der Waals surface area contributed by atoms with Gasteiger partial charge in [0.15, 0.2) is 18.1 Å². The maximum atomic E-state index is 12.4. The summed E-state index contributed by atoms with van der Waals surface area (Å²) in [5, 5.41) is 2.64. The Morgan fingerprint density at radius 3 is 2.24 bits per heavy atom. The van der Waals surface area contributed by atoms with Crippen LogP contribution < -0.4 is 14.8 Å². The molecule has 6 nitrogen and oxygen atoms in total.